The number of morpholine rings is 1. The minimum atomic E-state index is -0.531. The number of rotatable bonds is 6. The molecular formula is C17H20ClNO3S. The Labute approximate surface area is 145 Å². The van der Waals surface area contributed by atoms with Gasteiger partial charge in [0.15, 0.2) is 0 Å². The van der Waals surface area contributed by atoms with E-state index in [0.29, 0.717) is 17.3 Å². The van der Waals surface area contributed by atoms with Crippen molar-refractivity contribution in [1.82, 2.24) is 4.90 Å². The number of benzene rings is 1. The van der Waals surface area contributed by atoms with Gasteiger partial charge < -0.3 is 14.6 Å². The Morgan fingerprint density at radius 1 is 1.26 bits per heavy atom. The van der Waals surface area contributed by atoms with Crippen LogP contribution in [0.2, 0.25) is 5.02 Å². The third-order valence-corrected chi connectivity index (χ3v) is 4.64. The number of thiophene rings is 1. The molecule has 0 radical (unpaired) electrons. The van der Waals surface area contributed by atoms with E-state index in [1.807, 2.05) is 23.6 Å². The van der Waals surface area contributed by atoms with Crippen LogP contribution in [0.5, 0.6) is 5.75 Å². The van der Waals surface area contributed by atoms with Gasteiger partial charge in [0.2, 0.25) is 0 Å². The average Bonchev–Trinajstić information content (AvgIpc) is 3.08. The molecule has 1 aromatic heterocycles. The second-order valence-corrected chi connectivity index (χ2v) is 6.78. The van der Waals surface area contributed by atoms with Gasteiger partial charge in [-0.15, -0.1) is 0 Å². The summed E-state index contributed by atoms with van der Waals surface area (Å²) in [4.78, 5) is 2.19. The number of halogens is 1. The van der Waals surface area contributed by atoms with E-state index in [1.165, 1.54) is 0 Å². The fraction of sp³-hybridized carbons (Fsp3) is 0.412. The lowest BCUT2D eigenvalue weighted by Gasteiger charge is -2.28. The van der Waals surface area contributed by atoms with Gasteiger partial charge in [-0.1, -0.05) is 11.6 Å². The van der Waals surface area contributed by atoms with Gasteiger partial charge in [-0.2, -0.15) is 11.3 Å². The smallest absolute Gasteiger partial charge is 0.121 e. The van der Waals surface area contributed by atoms with Crippen LogP contribution in [-0.2, 0) is 4.74 Å². The van der Waals surface area contributed by atoms with E-state index >= 15 is 0 Å². The van der Waals surface area contributed by atoms with Crippen molar-refractivity contribution in [2.24, 2.45) is 0 Å². The van der Waals surface area contributed by atoms with Crippen molar-refractivity contribution in [2.45, 2.75) is 6.10 Å². The van der Waals surface area contributed by atoms with Gasteiger partial charge in [0, 0.05) is 24.7 Å². The molecule has 124 valence electrons. The van der Waals surface area contributed by atoms with Crippen molar-refractivity contribution >= 4 is 22.9 Å². The highest BCUT2D eigenvalue weighted by atomic mass is 35.5. The lowest BCUT2D eigenvalue weighted by molar-refractivity contribution is 0.00466. The van der Waals surface area contributed by atoms with E-state index in [9.17, 15) is 5.11 Å². The Morgan fingerprint density at radius 3 is 2.83 bits per heavy atom. The van der Waals surface area contributed by atoms with Gasteiger partial charge in [0.1, 0.15) is 18.5 Å². The maximum Gasteiger partial charge on any atom is 0.121 e. The largest absolute Gasteiger partial charge is 0.491 e. The van der Waals surface area contributed by atoms with Crippen LogP contribution in [0, 0.1) is 0 Å². The first kappa shape index (κ1) is 16.7. The van der Waals surface area contributed by atoms with Crippen LogP contribution >= 0.6 is 22.9 Å². The normalized spacial score (nSPS) is 17.1. The molecule has 2 aromatic rings. The molecule has 1 aliphatic rings. The molecule has 2 heterocycles. The summed E-state index contributed by atoms with van der Waals surface area (Å²) in [6.45, 7) is 4.02. The van der Waals surface area contributed by atoms with Crippen LogP contribution in [-0.4, -0.2) is 55.6 Å². The van der Waals surface area contributed by atoms with Gasteiger partial charge in [-0.05, 0) is 46.2 Å². The van der Waals surface area contributed by atoms with Crippen molar-refractivity contribution in [1.29, 1.82) is 0 Å². The lowest BCUT2D eigenvalue weighted by Crippen LogP contribution is -2.42. The maximum absolute atomic E-state index is 10.1. The number of hydrogen-bond acceptors (Lipinski definition) is 5. The third-order valence-electron chi connectivity index (χ3n) is 3.74. The van der Waals surface area contributed by atoms with Crippen LogP contribution in [0.4, 0.5) is 0 Å². The van der Waals surface area contributed by atoms with Crippen LogP contribution in [0.1, 0.15) is 0 Å². The van der Waals surface area contributed by atoms with Gasteiger partial charge in [0.05, 0.1) is 13.2 Å². The summed E-state index contributed by atoms with van der Waals surface area (Å²) in [5, 5.41) is 14.9. The number of nitrogens with zero attached hydrogens (tertiary/aromatic N) is 1. The number of aliphatic hydroxyl groups is 1. The van der Waals surface area contributed by atoms with Crippen molar-refractivity contribution in [2.75, 3.05) is 39.5 Å². The van der Waals surface area contributed by atoms with Crippen molar-refractivity contribution in [3.05, 3.63) is 40.0 Å². The van der Waals surface area contributed by atoms with Crippen LogP contribution in [0.3, 0.4) is 0 Å². The molecule has 0 saturated carbocycles. The lowest BCUT2D eigenvalue weighted by atomic mass is 10.1. The fourth-order valence-corrected chi connectivity index (χ4v) is 3.46. The zero-order chi connectivity index (χ0) is 16.1. The Bertz CT molecular complexity index is 614. The van der Waals surface area contributed by atoms with E-state index < -0.39 is 6.10 Å². The number of β-amino-alcohol motifs (C(OH)–C–C–N with tert-alkyl or cyclic N) is 1. The molecule has 3 rings (SSSR count). The van der Waals surface area contributed by atoms with E-state index in [1.54, 1.807) is 17.4 Å². The summed E-state index contributed by atoms with van der Waals surface area (Å²) in [7, 11) is 0. The molecule has 0 bridgehead atoms. The van der Waals surface area contributed by atoms with Crippen molar-refractivity contribution in [3.8, 4) is 16.9 Å². The second kappa shape index (κ2) is 8.13. The summed E-state index contributed by atoms with van der Waals surface area (Å²) in [5.74, 6) is 0.680. The van der Waals surface area contributed by atoms with E-state index in [0.717, 1.165) is 37.4 Å². The first-order valence-electron chi connectivity index (χ1n) is 7.65. The molecule has 0 aliphatic carbocycles. The molecule has 1 saturated heterocycles. The zero-order valence-corrected chi connectivity index (χ0v) is 14.4. The minimum absolute atomic E-state index is 0.251. The molecule has 1 fully saturated rings. The van der Waals surface area contributed by atoms with Crippen LogP contribution < -0.4 is 4.74 Å². The molecule has 4 nitrogen and oxygen atoms in total. The molecule has 1 atom stereocenters. The summed E-state index contributed by atoms with van der Waals surface area (Å²) in [5.41, 5.74) is 2.15. The maximum atomic E-state index is 10.1. The molecule has 0 spiro atoms. The molecule has 1 aromatic carbocycles. The topological polar surface area (TPSA) is 41.9 Å². The molecule has 6 heteroatoms. The SMILES string of the molecule is OC(COc1cc(Cl)cc(-c2ccsc2)c1)CN1CCOCC1. The first-order valence-corrected chi connectivity index (χ1v) is 8.97. The van der Waals surface area contributed by atoms with Gasteiger partial charge in [0.25, 0.3) is 0 Å². The van der Waals surface area contributed by atoms with Gasteiger partial charge >= 0.3 is 0 Å². The molecule has 1 aliphatic heterocycles. The van der Waals surface area contributed by atoms with Crippen molar-refractivity contribution < 1.29 is 14.6 Å². The quantitative estimate of drug-likeness (QED) is 0.866. The van der Waals surface area contributed by atoms with Crippen LogP contribution in [0.15, 0.2) is 35.0 Å². The highest BCUT2D eigenvalue weighted by molar-refractivity contribution is 7.08. The summed E-state index contributed by atoms with van der Waals surface area (Å²) >= 11 is 7.82. The van der Waals surface area contributed by atoms with Gasteiger partial charge in [-0.25, -0.2) is 0 Å². The summed E-state index contributed by atoms with van der Waals surface area (Å²) < 4.78 is 11.0. The molecule has 1 unspecified atom stereocenters. The monoisotopic (exact) mass is 353 g/mol. The number of hydrogen-bond donors (Lipinski definition) is 1. The fourth-order valence-electron chi connectivity index (χ4n) is 2.57. The minimum Gasteiger partial charge on any atom is -0.491 e. The Hall–Kier alpha value is -1.11. The van der Waals surface area contributed by atoms with Crippen molar-refractivity contribution in [3.63, 3.8) is 0 Å². The zero-order valence-electron chi connectivity index (χ0n) is 12.8. The number of aliphatic hydroxyl groups excluding tert-OH is 1. The second-order valence-electron chi connectivity index (χ2n) is 5.57. The predicted molar refractivity (Wildman–Crippen MR) is 93.5 cm³/mol. The Morgan fingerprint density at radius 2 is 2.09 bits per heavy atom. The highest BCUT2D eigenvalue weighted by Gasteiger charge is 2.15. The molecule has 1 N–H and O–H groups in total. The standard InChI is InChI=1S/C17H20ClNO3S/c18-15-7-14(13-1-6-23-12-13)8-17(9-15)22-11-16(20)10-19-2-4-21-5-3-19/h1,6-9,12,16,20H,2-5,10-11H2. The molecule has 23 heavy (non-hydrogen) atoms. The number of ether oxygens (including phenoxy) is 2. The van der Waals surface area contributed by atoms with E-state index in [4.69, 9.17) is 21.1 Å². The van der Waals surface area contributed by atoms with E-state index in [-0.39, 0.29) is 6.61 Å². The van der Waals surface area contributed by atoms with Gasteiger partial charge in [-0.3, -0.25) is 4.90 Å². The summed E-state index contributed by atoms with van der Waals surface area (Å²) in [6.07, 6.45) is -0.531. The predicted octanol–water partition coefficient (Wildman–Crippen LogP) is 3.14. The Kier molecular flexibility index (Phi) is 5.91. The first-order chi connectivity index (χ1) is 11.2. The Balaban J connectivity index is 1.57. The highest BCUT2D eigenvalue weighted by Crippen LogP contribution is 2.29. The third kappa shape index (κ3) is 4.93. The molecule has 0 amide bonds. The van der Waals surface area contributed by atoms with E-state index in [2.05, 4.69) is 10.3 Å². The summed E-state index contributed by atoms with van der Waals surface area (Å²) in [6, 6.07) is 7.70. The average molecular weight is 354 g/mol. The molecular weight excluding hydrogens is 334 g/mol. The van der Waals surface area contributed by atoms with Crippen LogP contribution in [0.25, 0.3) is 11.1 Å².